The molecule has 0 saturated heterocycles. The van der Waals surface area contributed by atoms with Crippen molar-refractivity contribution in [2.24, 2.45) is 11.3 Å². The summed E-state index contributed by atoms with van der Waals surface area (Å²) in [6.07, 6.45) is 7.77. The highest BCUT2D eigenvalue weighted by molar-refractivity contribution is 5.79. The van der Waals surface area contributed by atoms with Crippen LogP contribution in [0.1, 0.15) is 90.3 Å². The lowest BCUT2D eigenvalue weighted by Crippen LogP contribution is -2.46. The Morgan fingerprint density at radius 3 is 2.21 bits per heavy atom. The molecule has 0 amide bonds. The normalized spacial score (nSPS) is 25.1. The number of carbonyl (C=O) groups excluding carboxylic acids is 2. The molecule has 28 heavy (non-hydrogen) atoms. The molecule has 4 heteroatoms. The van der Waals surface area contributed by atoms with E-state index in [1.54, 1.807) is 0 Å². The van der Waals surface area contributed by atoms with Gasteiger partial charge in [-0.25, -0.2) is 0 Å². The van der Waals surface area contributed by atoms with Crippen molar-refractivity contribution in [1.29, 1.82) is 0 Å². The molecule has 0 aliphatic heterocycles. The van der Waals surface area contributed by atoms with Crippen LogP contribution in [0.5, 0.6) is 11.5 Å². The number of hydrogen-bond acceptors (Lipinski definition) is 4. The zero-order valence-electron chi connectivity index (χ0n) is 18.1. The van der Waals surface area contributed by atoms with E-state index in [2.05, 4.69) is 39.0 Å². The molecule has 0 spiro atoms. The van der Waals surface area contributed by atoms with Crippen LogP contribution in [0.4, 0.5) is 0 Å². The van der Waals surface area contributed by atoms with E-state index in [1.165, 1.54) is 13.8 Å². The van der Waals surface area contributed by atoms with Gasteiger partial charge in [0.2, 0.25) is 0 Å². The Bertz CT molecular complexity index is 847. The average molecular weight is 385 g/mol. The number of benzene rings is 1. The van der Waals surface area contributed by atoms with Gasteiger partial charge in [0.15, 0.2) is 11.5 Å². The molecule has 1 saturated carbocycles. The molecule has 1 fully saturated rings. The van der Waals surface area contributed by atoms with Crippen molar-refractivity contribution < 1.29 is 19.1 Å². The second kappa shape index (κ2) is 7.06. The minimum absolute atomic E-state index is 0.121. The van der Waals surface area contributed by atoms with E-state index >= 15 is 0 Å². The van der Waals surface area contributed by atoms with Gasteiger partial charge in [-0.1, -0.05) is 53.2 Å². The van der Waals surface area contributed by atoms with Gasteiger partial charge in [-0.15, -0.1) is 0 Å². The summed E-state index contributed by atoms with van der Waals surface area (Å²) < 4.78 is 11.4. The molecule has 0 aromatic heterocycles. The Hall–Kier alpha value is -2.10. The van der Waals surface area contributed by atoms with Crippen molar-refractivity contribution in [3.05, 3.63) is 28.8 Å². The fourth-order valence-corrected chi connectivity index (χ4v) is 5.36. The van der Waals surface area contributed by atoms with E-state index in [1.807, 2.05) is 13.8 Å². The van der Waals surface area contributed by atoms with Crippen LogP contribution in [0.3, 0.4) is 0 Å². The molecular weight excluding hydrogens is 352 g/mol. The molecule has 1 aromatic rings. The first-order valence-electron chi connectivity index (χ1n) is 10.2. The molecule has 0 radical (unpaired) electrons. The number of esters is 2. The van der Waals surface area contributed by atoms with Crippen molar-refractivity contribution in [3.63, 3.8) is 0 Å². The highest BCUT2D eigenvalue weighted by atomic mass is 16.6. The molecule has 0 heterocycles. The van der Waals surface area contributed by atoms with Crippen LogP contribution in [-0.4, -0.2) is 11.9 Å². The second-order valence-electron chi connectivity index (χ2n) is 9.53. The van der Waals surface area contributed by atoms with Crippen LogP contribution in [0.25, 0.3) is 6.08 Å². The van der Waals surface area contributed by atoms with Gasteiger partial charge in [0, 0.05) is 30.4 Å². The summed E-state index contributed by atoms with van der Waals surface area (Å²) in [5, 5.41) is 0. The van der Waals surface area contributed by atoms with Gasteiger partial charge in [0.05, 0.1) is 0 Å². The summed E-state index contributed by atoms with van der Waals surface area (Å²) in [5.41, 5.74) is 2.91. The summed E-state index contributed by atoms with van der Waals surface area (Å²) in [4.78, 5) is 23.9. The van der Waals surface area contributed by atoms with E-state index < -0.39 is 11.9 Å². The Labute approximate surface area is 168 Å². The number of carbonyl (C=O) groups is 2. The maximum absolute atomic E-state index is 12.0. The van der Waals surface area contributed by atoms with Crippen molar-refractivity contribution in [3.8, 4) is 11.5 Å². The quantitative estimate of drug-likeness (QED) is 0.490. The summed E-state index contributed by atoms with van der Waals surface area (Å²) >= 11 is 0. The Balaban J connectivity index is 2.35. The van der Waals surface area contributed by atoms with E-state index in [-0.39, 0.29) is 16.7 Å². The maximum Gasteiger partial charge on any atom is 0.308 e. The molecule has 4 nitrogen and oxygen atoms in total. The van der Waals surface area contributed by atoms with Gasteiger partial charge in [-0.3, -0.25) is 9.59 Å². The summed E-state index contributed by atoms with van der Waals surface area (Å²) in [6, 6.07) is 2.10. The number of allylic oxidation sites excluding steroid dienone is 1. The molecule has 2 aliphatic carbocycles. The first kappa shape index (κ1) is 20.6. The third-order valence-corrected chi connectivity index (χ3v) is 6.49. The highest BCUT2D eigenvalue weighted by Gasteiger charge is 2.50. The minimum atomic E-state index is -0.410. The Morgan fingerprint density at radius 1 is 1.04 bits per heavy atom. The van der Waals surface area contributed by atoms with Gasteiger partial charge < -0.3 is 9.47 Å². The van der Waals surface area contributed by atoms with Crippen molar-refractivity contribution in [2.75, 3.05) is 0 Å². The zero-order chi connectivity index (χ0) is 20.9. The molecule has 2 aliphatic rings. The largest absolute Gasteiger partial charge is 0.422 e. The van der Waals surface area contributed by atoms with Gasteiger partial charge in [-0.2, -0.15) is 0 Å². The standard InChI is InChI=1S/C24H32O4/c1-14(2)18-13-17-9-10-19-23(5,6)11-8-12-24(19,7)20(17)22(28-16(4)26)21(18)27-15(3)25/h9-10,13-14,19H,8,11-12H2,1-7H3/t19-,24-/m0/s1. The fourth-order valence-electron chi connectivity index (χ4n) is 5.36. The van der Waals surface area contributed by atoms with Crippen LogP contribution >= 0.6 is 0 Å². The molecule has 0 unspecified atom stereocenters. The summed E-state index contributed by atoms with van der Waals surface area (Å²) in [6.45, 7) is 13.8. The van der Waals surface area contributed by atoms with Crippen LogP contribution < -0.4 is 9.47 Å². The molecular formula is C24H32O4. The average Bonchev–Trinajstić information content (AvgIpc) is 2.54. The van der Waals surface area contributed by atoms with Gasteiger partial charge in [0.1, 0.15) is 0 Å². The molecule has 0 bridgehead atoms. The predicted octanol–water partition coefficient (Wildman–Crippen LogP) is 5.77. The first-order chi connectivity index (χ1) is 13.0. The number of rotatable bonds is 3. The summed E-state index contributed by atoms with van der Waals surface area (Å²) in [5.74, 6) is 0.462. The van der Waals surface area contributed by atoms with Crippen LogP contribution in [0.2, 0.25) is 0 Å². The third-order valence-electron chi connectivity index (χ3n) is 6.49. The molecule has 1 aromatic carbocycles. The van der Waals surface area contributed by atoms with E-state index in [0.29, 0.717) is 17.4 Å². The van der Waals surface area contributed by atoms with Crippen LogP contribution in [0, 0.1) is 11.3 Å². The Kier molecular flexibility index (Phi) is 5.20. The summed E-state index contributed by atoms with van der Waals surface area (Å²) in [7, 11) is 0. The Morgan fingerprint density at radius 2 is 1.64 bits per heavy atom. The van der Waals surface area contributed by atoms with Crippen molar-refractivity contribution in [1.82, 2.24) is 0 Å². The van der Waals surface area contributed by atoms with Crippen LogP contribution in [-0.2, 0) is 15.0 Å². The van der Waals surface area contributed by atoms with Crippen molar-refractivity contribution in [2.45, 2.75) is 79.1 Å². The lowest BCUT2D eigenvalue weighted by Gasteiger charge is -2.52. The van der Waals surface area contributed by atoms with E-state index in [9.17, 15) is 9.59 Å². The van der Waals surface area contributed by atoms with Crippen LogP contribution in [0.15, 0.2) is 12.1 Å². The minimum Gasteiger partial charge on any atom is -0.422 e. The van der Waals surface area contributed by atoms with Gasteiger partial charge in [0.25, 0.3) is 0 Å². The third kappa shape index (κ3) is 3.38. The van der Waals surface area contributed by atoms with Gasteiger partial charge >= 0.3 is 11.9 Å². The topological polar surface area (TPSA) is 52.6 Å². The van der Waals surface area contributed by atoms with Gasteiger partial charge in [-0.05, 0) is 41.7 Å². The SMILES string of the molecule is CC(=O)Oc1c(C(C)C)cc2c(c1OC(C)=O)[C@@]1(C)CCCC(C)(C)[C@@H]1C=C2. The fraction of sp³-hybridized carbons (Fsp3) is 0.583. The maximum atomic E-state index is 12.0. The number of ether oxygens (including phenoxy) is 2. The first-order valence-corrected chi connectivity index (χ1v) is 10.2. The van der Waals surface area contributed by atoms with E-state index in [4.69, 9.17) is 9.47 Å². The second-order valence-corrected chi connectivity index (χ2v) is 9.53. The lowest BCUT2D eigenvalue weighted by atomic mass is 9.52. The zero-order valence-corrected chi connectivity index (χ0v) is 18.1. The smallest absolute Gasteiger partial charge is 0.308 e. The molecule has 0 N–H and O–H groups in total. The predicted molar refractivity (Wildman–Crippen MR) is 111 cm³/mol. The molecule has 152 valence electrons. The number of hydrogen-bond donors (Lipinski definition) is 0. The molecule has 2 atom stereocenters. The van der Waals surface area contributed by atoms with E-state index in [0.717, 1.165) is 36.0 Å². The number of fused-ring (bicyclic) bond motifs is 3. The molecule has 3 rings (SSSR count). The monoisotopic (exact) mass is 384 g/mol. The lowest BCUT2D eigenvalue weighted by molar-refractivity contribution is -0.134. The highest BCUT2D eigenvalue weighted by Crippen LogP contribution is 2.59. The van der Waals surface area contributed by atoms with Crippen molar-refractivity contribution >= 4 is 18.0 Å².